The van der Waals surface area contributed by atoms with Crippen molar-refractivity contribution in [3.05, 3.63) is 23.2 Å². The summed E-state index contributed by atoms with van der Waals surface area (Å²) in [4.78, 5) is 2.49. The molecule has 1 N–H and O–H groups in total. The zero-order valence-electron chi connectivity index (χ0n) is 11.9. The zero-order chi connectivity index (χ0) is 14.1. The van der Waals surface area contributed by atoms with Crippen molar-refractivity contribution in [2.45, 2.75) is 43.2 Å². The lowest BCUT2D eigenvalue weighted by Gasteiger charge is -2.52. The first-order valence-electron chi connectivity index (χ1n) is 7.76. The summed E-state index contributed by atoms with van der Waals surface area (Å²) >= 11 is 6.42. The van der Waals surface area contributed by atoms with Gasteiger partial charge in [-0.2, -0.15) is 5.10 Å². The van der Waals surface area contributed by atoms with Crippen LogP contribution in [0.4, 0.5) is 5.82 Å². The number of H-pyrrole nitrogens is 1. The van der Waals surface area contributed by atoms with Gasteiger partial charge in [-0.3, -0.25) is 5.10 Å². The van der Waals surface area contributed by atoms with Crippen LogP contribution in [-0.4, -0.2) is 34.5 Å². The first-order valence-corrected chi connectivity index (χ1v) is 8.14. The summed E-state index contributed by atoms with van der Waals surface area (Å²) in [5, 5.41) is 9.57. The lowest BCUT2D eigenvalue weighted by atomic mass is 9.79. The number of aromatic nitrogens is 2. The Bertz CT molecular complexity index is 717. The molecule has 1 saturated carbocycles. The molecule has 1 aromatic carbocycles. The third-order valence-corrected chi connectivity index (χ3v) is 5.90. The van der Waals surface area contributed by atoms with Crippen molar-refractivity contribution in [1.82, 2.24) is 10.2 Å². The molecule has 0 radical (unpaired) electrons. The first kappa shape index (κ1) is 12.3. The number of aromatic amines is 1. The van der Waals surface area contributed by atoms with Crippen molar-refractivity contribution < 1.29 is 4.74 Å². The predicted octanol–water partition coefficient (Wildman–Crippen LogP) is 3.51. The Hall–Kier alpha value is -1.26. The molecule has 2 aliphatic heterocycles. The lowest BCUT2D eigenvalue weighted by molar-refractivity contribution is -0.166. The number of hydrogen-bond donors (Lipinski definition) is 1. The van der Waals surface area contributed by atoms with Gasteiger partial charge >= 0.3 is 0 Å². The largest absolute Gasteiger partial charge is 0.375 e. The normalized spacial score (nSPS) is 30.0. The second-order valence-electron chi connectivity index (χ2n) is 6.79. The highest BCUT2D eigenvalue weighted by Crippen LogP contribution is 2.56. The number of nitrogens with zero attached hydrogens (tertiary/aromatic N) is 2. The highest BCUT2D eigenvalue weighted by Gasteiger charge is 2.59. The Morgan fingerprint density at radius 2 is 2.10 bits per heavy atom. The van der Waals surface area contributed by atoms with Crippen LogP contribution in [0.25, 0.3) is 10.9 Å². The van der Waals surface area contributed by atoms with E-state index in [1.54, 1.807) is 0 Å². The summed E-state index contributed by atoms with van der Waals surface area (Å²) in [7, 11) is 0. The van der Waals surface area contributed by atoms with Crippen molar-refractivity contribution in [1.29, 1.82) is 0 Å². The zero-order valence-corrected chi connectivity index (χ0v) is 12.6. The molecule has 1 aromatic heterocycles. The molecule has 2 saturated heterocycles. The van der Waals surface area contributed by atoms with Crippen molar-refractivity contribution >= 4 is 28.3 Å². The van der Waals surface area contributed by atoms with Crippen LogP contribution >= 0.6 is 11.6 Å². The number of nitrogens with one attached hydrogen (secondary N) is 1. The monoisotopic (exact) mass is 303 g/mol. The van der Waals surface area contributed by atoms with E-state index in [0.29, 0.717) is 0 Å². The van der Waals surface area contributed by atoms with Crippen LogP contribution in [0, 0.1) is 0 Å². The molecule has 1 atom stereocenters. The molecule has 4 nitrogen and oxygen atoms in total. The number of anilines is 1. The maximum absolute atomic E-state index is 6.42. The lowest BCUT2D eigenvalue weighted by Crippen LogP contribution is -2.58. The van der Waals surface area contributed by atoms with Crippen LogP contribution in [0.15, 0.2) is 18.2 Å². The van der Waals surface area contributed by atoms with Gasteiger partial charge in [-0.15, -0.1) is 0 Å². The van der Waals surface area contributed by atoms with Gasteiger partial charge in [0.05, 0.1) is 28.1 Å². The summed E-state index contributed by atoms with van der Waals surface area (Å²) in [6, 6.07) is 5.95. The van der Waals surface area contributed by atoms with Crippen molar-refractivity contribution in [3.63, 3.8) is 0 Å². The van der Waals surface area contributed by atoms with Gasteiger partial charge in [0.2, 0.25) is 0 Å². The Kier molecular flexibility index (Phi) is 2.30. The molecule has 3 aliphatic rings. The van der Waals surface area contributed by atoms with E-state index in [9.17, 15) is 0 Å². The van der Waals surface area contributed by atoms with Crippen LogP contribution < -0.4 is 4.90 Å². The summed E-state index contributed by atoms with van der Waals surface area (Å²) < 4.78 is 5.93. The molecule has 3 heterocycles. The second kappa shape index (κ2) is 3.93. The number of ether oxygens (including phenoxy) is 1. The predicted molar refractivity (Wildman–Crippen MR) is 82.9 cm³/mol. The molecule has 3 fully saturated rings. The minimum Gasteiger partial charge on any atom is -0.375 e. The van der Waals surface area contributed by atoms with Gasteiger partial charge in [0.25, 0.3) is 0 Å². The van der Waals surface area contributed by atoms with E-state index >= 15 is 0 Å². The van der Waals surface area contributed by atoms with E-state index in [1.807, 2.05) is 18.2 Å². The summed E-state index contributed by atoms with van der Waals surface area (Å²) in [5.74, 6) is 1.03. The quantitative estimate of drug-likeness (QED) is 0.876. The fourth-order valence-corrected chi connectivity index (χ4v) is 4.45. The smallest absolute Gasteiger partial charge is 0.160 e. The topological polar surface area (TPSA) is 41.2 Å². The first-order chi connectivity index (χ1) is 10.2. The number of hydrogen-bond acceptors (Lipinski definition) is 3. The van der Waals surface area contributed by atoms with E-state index in [0.717, 1.165) is 47.7 Å². The molecule has 5 heteroatoms. The average molecular weight is 304 g/mol. The van der Waals surface area contributed by atoms with Crippen LogP contribution in [0.3, 0.4) is 0 Å². The molecule has 5 rings (SSSR count). The van der Waals surface area contributed by atoms with Crippen molar-refractivity contribution in [2.75, 3.05) is 18.1 Å². The molecule has 110 valence electrons. The summed E-state index contributed by atoms with van der Waals surface area (Å²) in [6.07, 6.45) is 5.98. The van der Waals surface area contributed by atoms with Gasteiger partial charge in [0.1, 0.15) is 0 Å². The average Bonchev–Trinajstić information content (AvgIpc) is 3.06. The van der Waals surface area contributed by atoms with Crippen LogP contribution in [0.5, 0.6) is 0 Å². The Morgan fingerprint density at radius 3 is 2.81 bits per heavy atom. The van der Waals surface area contributed by atoms with Crippen molar-refractivity contribution in [3.8, 4) is 0 Å². The molecule has 1 unspecified atom stereocenters. The fraction of sp³-hybridized carbons (Fsp3) is 0.562. The third-order valence-electron chi connectivity index (χ3n) is 5.58. The SMILES string of the molecule is Clc1cccc2[nH]nc(N3CCC4(CCO4)CC34CC4)c12. The molecular formula is C16H18ClN3O. The highest BCUT2D eigenvalue weighted by atomic mass is 35.5. The standard InChI is InChI=1S/C16H18ClN3O/c17-11-2-1-3-12-13(11)14(19-18-12)20-8-6-16(7-9-21-16)10-15(20)4-5-15/h1-3H,4-10H2,(H,18,19). The molecule has 0 bridgehead atoms. The summed E-state index contributed by atoms with van der Waals surface area (Å²) in [5.41, 5.74) is 1.46. The number of rotatable bonds is 1. The molecule has 21 heavy (non-hydrogen) atoms. The van der Waals surface area contributed by atoms with Gasteiger partial charge in [0, 0.05) is 12.1 Å². The highest BCUT2D eigenvalue weighted by molar-refractivity contribution is 6.36. The third kappa shape index (κ3) is 1.63. The molecule has 1 aliphatic carbocycles. The summed E-state index contributed by atoms with van der Waals surface area (Å²) in [6.45, 7) is 1.96. The van der Waals surface area contributed by atoms with E-state index in [1.165, 1.54) is 19.3 Å². The van der Waals surface area contributed by atoms with Crippen LogP contribution in [-0.2, 0) is 4.74 Å². The van der Waals surface area contributed by atoms with E-state index in [4.69, 9.17) is 16.3 Å². The minimum atomic E-state index is 0.170. The molecule has 2 aromatic rings. The maximum atomic E-state index is 6.42. The van der Waals surface area contributed by atoms with Gasteiger partial charge in [-0.1, -0.05) is 17.7 Å². The van der Waals surface area contributed by atoms with Gasteiger partial charge in [0.15, 0.2) is 5.82 Å². The maximum Gasteiger partial charge on any atom is 0.160 e. The van der Waals surface area contributed by atoms with Gasteiger partial charge in [-0.05, 0) is 44.2 Å². The Labute approximate surface area is 128 Å². The second-order valence-corrected chi connectivity index (χ2v) is 7.20. The number of benzene rings is 1. The molecular weight excluding hydrogens is 286 g/mol. The van der Waals surface area contributed by atoms with Gasteiger partial charge < -0.3 is 9.64 Å². The Morgan fingerprint density at radius 1 is 1.24 bits per heavy atom. The van der Waals surface area contributed by atoms with Crippen LogP contribution in [0.1, 0.15) is 32.1 Å². The Balaban J connectivity index is 1.58. The molecule has 0 amide bonds. The number of halogens is 1. The van der Waals surface area contributed by atoms with E-state index in [-0.39, 0.29) is 11.1 Å². The molecule has 2 spiro atoms. The van der Waals surface area contributed by atoms with Crippen LogP contribution in [0.2, 0.25) is 5.02 Å². The van der Waals surface area contributed by atoms with Gasteiger partial charge in [-0.25, -0.2) is 0 Å². The van der Waals surface area contributed by atoms with E-state index in [2.05, 4.69) is 15.1 Å². The van der Waals surface area contributed by atoms with E-state index < -0.39 is 0 Å². The number of piperidine rings is 1. The fourth-order valence-electron chi connectivity index (χ4n) is 4.19. The number of fused-ring (bicyclic) bond motifs is 1. The minimum absolute atomic E-state index is 0.170. The van der Waals surface area contributed by atoms with Crippen molar-refractivity contribution in [2.24, 2.45) is 0 Å².